The van der Waals surface area contributed by atoms with Crippen molar-refractivity contribution in [2.45, 2.75) is 54.9 Å². The van der Waals surface area contributed by atoms with Crippen LogP contribution in [0.4, 0.5) is 0 Å². The molecule has 1 aliphatic rings. The van der Waals surface area contributed by atoms with E-state index in [1.54, 1.807) is 0 Å². The van der Waals surface area contributed by atoms with Crippen molar-refractivity contribution in [3.8, 4) is 0 Å². The standard InChI is InChI=1S/C16H23O4.3CH3.Sn/c1-5-6-8-16(15(18)19-4)9-7-13(10-14(16)17)20-11-12(2)3;;;;/h6,10,12H,7-9,11H2,1-4H3;3*1H3;/t16-;;;;/m0..../s1. The summed E-state index contributed by atoms with van der Waals surface area (Å²) < 4.78 is 12.0. The van der Waals surface area contributed by atoms with Gasteiger partial charge in [-0.3, -0.25) is 0 Å². The zero-order chi connectivity index (χ0) is 18.5. The van der Waals surface area contributed by atoms with Crippen LogP contribution in [0.5, 0.6) is 0 Å². The van der Waals surface area contributed by atoms with Crippen molar-refractivity contribution < 1.29 is 19.1 Å². The van der Waals surface area contributed by atoms with Gasteiger partial charge in [0.05, 0.1) is 0 Å². The van der Waals surface area contributed by atoms with E-state index >= 15 is 0 Å². The summed E-state index contributed by atoms with van der Waals surface area (Å²) >= 11 is -2.16. The SMILES string of the molecule is COC(=O)[C@@]1(C/C=[C](/C)[Sn]([CH3])([CH3])[CH3])CCC(OCC(C)C)=CC1=O. The predicted octanol–water partition coefficient (Wildman–Crippen LogP) is 4.28. The number of allylic oxidation sites excluding steroid dienone is 4. The van der Waals surface area contributed by atoms with Gasteiger partial charge in [0.2, 0.25) is 0 Å². The molecule has 0 saturated heterocycles. The van der Waals surface area contributed by atoms with Crippen LogP contribution < -0.4 is 0 Å². The van der Waals surface area contributed by atoms with Gasteiger partial charge in [-0.25, -0.2) is 0 Å². The first kappa shape index (κ1) is 21.3. The number of ketones is 1. The van der Waals surface area contributed by atoms with Gasteiger partial charge >= 0.3 is 151 Å². The van der Waals surface area contributed by atoms with Crippen LogP contribution in [0.15, 0.2) is 21.5 Å². The molecule has 0 radical (unpaired) electrons. The van der Waals surface area contributed by atoms with Gasteiger partial charge in [0.1, 0.15) is 0 Å². The number of rotatable bonds is 7. The van der Waals surface area contributed by atoms with Crippen LogP contribution in [-0.4, -0.2) is 43.8 Å². The average molecular weight is 443 g/mol. The minimum atomic E-state index is -2.16. The first-order valence-electron chi connectivity index (χ1n) is 8.66. The van der Waals surface area contributed by atoms with Crippen LogP contribution in [-0.2, 0) is 19.1 Å². The van der Waals surface area contributed by atoms with E-state index < -0.39 is 29.8 Å². The van der Waals surface area contributed by atoms with Crippen molar-refractivity contribution in [1.82, 2.24) is 0 Å². The Morgan fingerprint density at radius 1 is 1.38 bits per heavy atom. The Morgan fingerprint density at radius 2 is 2.00 bits per heavy atom. The normalized spacial score (nSPS) is 22.4. The Kier molecular flexibility index (Phi) is 7.57. The van der Waals surface area contributed by atoms with Gasteiger partial charge in [-0.05, 0) is 0 Å². The van der Waals surface area contributed by atoms with Crippen molar-refractivity contribution in [2.24, 2.45) is 11.3 Å². The molecule has 1 atom stereocenters. The van der Waals surface area contributed by atoms with Crippen LogP contribution >= 0.6 is 0 Å². The molecule has 0 unspecified atom stereocenters. The van der Waals surface area contributed by atoms with Crippen LogP contribution in [0, 0.1) is 11.3 Å². The Morgan fingerprint density at radius 3 is 2.46 bits per heavy atom. The van der Waals surface area contributed by atoms with E-state index in [1.807, 2.05) is 0 Å². The van der Waals surface area contributed by atoms with Gasteiger partial charge in [0.15, 0.2) is 0 Å². The second-order valence-electron chi connectivity index (χ2n) is 8.09. The van der Waals surface area contributed by atoms with Crippen LogP contribution in [0.1, 0.15) is 40.0 Å². The molecule has 1 aliphatic carbocycles. The summed E-state index contributed by atoms with van der Waals surface area (Å²) in [5.41, 5.74) is -1.09. The Hall–Kier alpha value is -0.781. The molecule has 5 heteroatoms. The summed E-state index contributed by atoms with van der Waals surface area (Å²) in [6.45, 7) is 6.84. The van der Waals surface area contributed by atoms with Gasteiger partial charge in [0, 0.05) is 0 Å². The summed E-state index contributed by atoms with van der Waals surface area (Å²) in [6, 6.07) is 0. The molecule has 0 saturated carbocycles. The van der Waals surface area contributed by atoms with Crippen molar-refractivity contribution in [1.29, 1.82) is 0 Å². The molecule has 0 N–H and O–H groups in total. The summed E-state index contributed by atoms with van der Waals surface area (Å²) in [7, 11) is 1.35. The van der Waals surface area contributed by atoms with Crippen molar-refractivity contribution >= 4 is 30.1 Å². The number of ether oxygens (including phenoxy) is 2. The van der Waals surface area contributed by atoms with Gasteiger partial charge in [-0.2, -0.15) is 0 Å². The van der Waals surface area contributed by atoms with E-state index in [0.29, 0.717) is 37.5 Å². The van der Waals surface area contributed by atoms with Gasteiger partial charge in [-0.1, -0.05) is 0 Å². The second kappa shape index (κ2) is 8.54. The minimum absolute atomic E-state index is 0.187. The van der Waals surface area contributed by atoms with Gasteiger partial charge < -0.3 is 0 Å². The summed E-state index contributed by atoms with van der Waals surface area (Å²) in [5.74, 6) is 0.467. The average Bonchev–Trinajstić information content (AvgIpc) is 2.50. The zero-order valence-electron chi connectivity index (χ0n) is 16.2. The predicted molar refractivity (Wildman–Crippen MR) is 99.3 cm³/mol. The molecule has 136 valence electrons. The molecule has 0 amide bonds. The molecule has 4 nitrogen and oxygen atoms in total. The third-order valence-corrected chi connectivity index (χ3v) is 12.0. The third-order valence-electron chi connectivity index (χ3n) is 4.68. The summed E-state index contributed by atoms with van der Waals surface area (Å²) in [4.78, 5) is 32.1. The fraction of sp³-hybridized carbons (Fsp3) is 0.684. The molecule has 0 aromatic carbocycles. The van der Waals surface area contributed by atoms with Crippen LogP contribution in [0.2, 0.25) is 14.8 Å². The number of hydrogen-bond acceptors (Lipinski definition) is 4. The Balaban J connectivity index is 3.03. The summed E-state index contributed by atoms with van der Waals surface area (Å²) in [6.07, 6.45) is 5.07. The number of carbonyl (C=O) groups is 2. The topological polar surface area (TPSA) is 52.6 Å². The monoisotopic (exact) mass is 444 g/mol. The van der Waals surface area contributed by atoms with E-state index in [2.05, 4.69) is 41.7 Å². The van der Waals surface area contributed by atoms with Gasteiger partial charge in [-0.15, -0.1) is 0 Å². The molecule has 0 spiro atoms. The molecule has 0 aromatic rings. The Bertz CT molecular complexity index is 540. The first-order chi connectivity index (χ1) is 11.0. The zero-order valence-corrected chi connectivity index (χ0v) is 19.0. The first-order valence-corrected chi connectivity index (χ1v) is 18.7. The van der Waals surface area contributed by atoms with Crippen LogP contribution in [0.25, 0.3) is 0 Å². The molecule has 0 bridgehead atoms. The van der Waals surface area contributed by atoms with Gasteiger partial charge in [0.25, 0.3) is 0 Å². The fourth-order valence-electron chi connectivity index (χ4n) is 2.52. The molecule has 0 heterocycles. The maximum atomic E-state index is 12.8. The molecule has 24 heavy (non-hydrogen) atoms. The molecule has 0 aromatic heterocycles. The van der Waals surface area contributed by atoms with Crippen molar-refractivity contribution in [2.75, 3.05) is 13.7 Å². The second-order valence-corrected chi connectivity index (χ2v) is 23.2. The number of hydrogen-bond donors (Lipinski definition) is 0. The maximum absolute atomic E-state index is 12.8. The third kappa shape index (κ3) is 5.36. The number of carbonyl (C=O) groups excluding carboxylic acids is 2. The van der Waals surface area contributed by atoms with Crippen LogP contribution in [0.3, 0.4) is 0 Å². The molecular formula is C19H32O4Sn. The fourth-order valence-corrected chi connectivity index (χ4v) is 4.56. The number of esters is 1. The summed E-state index contributed by atoms with van der Waals surface area (Å²) in [5, 5.41) is 0. The quantitative estimate of drug-likeness (QED) is 0.335. The van der Waals surface area contributed by atoms with E-state index in [9.17, 15) is 9.59 Å². The van der Waals surface area contributed by atoms with Crippen molar-refractivity contribution in [3.05, 3.63) is 21.5 Å². The molecule has 0 aliphatic heterocycles. The Labute approximate surface area is 150 Å². The van der Waals surface area contributed by atoms with Crippen molar-refractivity contribution in [3.63, 3.8) is 0 Å². The molecule has 0 fully saturated rings. The number of methoxy groups -OCH3 is 1. The van der Waals surface area contributed by atoms with E-state index in [1.165, 1.54) is 16.8 Å². The van der Waals surface area contributed by atoms with E-state index in [0.717, 1.165) is 0 Å². The van der Waals surface area contributed by atoms with E-state index in [-0.39, 0.29) is 5.78 Å². The molecular weight excluding hydrogens is 411 g/mol. The van der Waals surface area contributed by atoms with E-state index in [4.69, 9.17) is 9.47 Å². The molecule has 1 rings (SSSR count).